The van der Waals surface area contributed by atoms with Crippen LogP contribution >= 0.6 is 0 Å². The van der Waals surface area contributed by atoms with Gasteiger partial charge in [0.15, 0.2) is 0 Å². The van der Waals surface area contributed by atoms with Gasteiger partial charge in [0.25, 0.3) is 0 Å². The molecule has 2 aliphatic heterocycles. The van der Waals surface area contributed by atoms with Gasteiger partial charge in [0.2, 0.25) is 0 Å². The fraction of sp³-hybridized carbons (Fsp3) is 0.379. The molecule has 0 amide bonds. The summed E-state index contributed by atoms with van der Waals surface area (Å²) in [6, 6.07) is 28.6. The smallest absolute Gasteiger partial charge is 0.146 e. The monoisotopic (exact) mass is 443 g/mol. The summed E-state index contributed by atoms with van der Waals surface area (Å²) in [4.78, 5) is 5.25. The van der Waals surface area contributed by atoms with Gasteiger partial charge in [0.1, 0.15) is 5.82 Å². The van der Waals surface area contributed by atoms with Crippen LogP contribution in [-0.2, 0) is 13.0 Å². The lowest BCUT2D eigenvalue weighted by atomic mass is 9.73. The third-order valence-electron chi connectivity index (χ3n) is 7.53. The van der Waals surface area contributed by atoms with Crippen LogP contribution in [-0.4, -0.2) is 49.1 Å². The Morgan fingerprint density at radius 2 is 1.48 bits per heavy atom. The lowest BCUT2D eigenvalue weighted by Crippen LogP contribution is -2.52. The number of fused-ring (bicyclic) bond motifs is 1. The Morgan fingerprint density at radius 3 is 2.24 bits per heavy atom. The van der Waals surface area contributed by atoms with Gasteiger partial charge in [-0.3, -0.25) is 4.90 Å². The van der Waals surface area contributed by atoms with E-state index in [0.29, 0.717) is 11.6 Å². The zero-order valence-corrected chi connectivity index (χ0v) is 19.3. The SMILES string of the molecule is Fc1ccccc1NCC12CN(CCc3ccccc3)CCC1CN(Cc1ccccc1)C2. The molecule has 2 aliphatic rings. The quantitative estimate of drug-likeness (QED) is 0.509. The second-order valence-corrected chi connectivity index (χ2v) is 9.85. The second kappa shape index (κ2) is 10.1. The van der Waals surface area contributed by atoms with Crippen molar-refractivity contribution in [3.8, 4) is 0 Å². The van der Waals surface area contributed by atoms with Crippen LogP contribution in [0.3, 0.4) is 0 Å². The highest BCUT2D eigenvalue weighted by atomic mass is 19.1. The number of piperidine rings is 1. The van der Waals surface area contributed by atoms with E-state index in [1.807, 2.05) is 12.1 Å². The van der Waals surface area contributed by atoms with Gasteiger partial charge in [-0.1, -0.05) is 72.8 Å². The van der Waals surface area contributed by atoms with Gasteiger partial charge in [-0.25, -0.2) is 4.39 Å². The van der Waals surface area contributed by atoms with Crippen molar-refractivity contribution in [2.24, 2.45) is 11.3 Å². The molecule has 172 valence electrons. The molecule has 2 saturated heterocycles. The zero-order valence-electron chi connectivity index (χ0n) is 19.3. The molecule has 2 atom stereocenters. The van der Waals surface area contributed by atoms with E-state index in [-0.39, 0.29) is 11.2 Å². The molecule has 2 heterocycles. The molecule has 0 aromatic heterocycles. The molecule has 4 heteroatoms. The lowest BCUT2D eigenvalue weighted by Gasteiger charge is -2.44. The van der Waals surface area contributed by atoms with Gasteiger partial charge in [-0.05, 0) is 48.6 Å². The standard InChI is InChI=1S/C29H34FN3/c30-27-13-7-8-14-28(27)31-21-29-22-32(17-15-24-9-3-1-4-10-24)18-16-26(29)20-33(23-29)19-25-11-5-2-6-12-25/h1-14,26,31H,15-23H2. The summed E-state index contributed by atoms with van der Waals surface area (Å²) in [7, 11) is 0. The van der Waals surface area contributed by atoms with E-state index < -0.39 is 0 Å². The van der Waals surface area contributed by atoms with Gasteiger partial charge >= 0.3 is 0 Å². The van der Waals surface area contributed by atoms with Gasteiger partial charge in [-0.15, -0.1) is 0 Å². The number of nitrogens with one attached hydrogen (secondary N) is 1. The number of para-hydroxylation sites is 1. The van der Waals surface area contributed by atoms with Crippen LogP contribution in [0.4, 0.5) is 10.1 Å². The number of halogens is 1. The van der Waals surface area contributed by atoms with E-state index in [0.717, 1.165) is 52.2 Å². The average Bonchev–Trinajstić information content (AvgIpc) is 3.21. The number of nitrogens with zero attached hydrogens (tertiary/aromatic N) is 2. The van der Waals surface area contributed by atoms with E-state index in [9.17, 15) is 4.39 Å². The molecule has 3 aromatic carbocycles. The summed E-state index contributed by atoms with van der Waals surface area (Å²) in [6.45, 7) is 7.27. The number of benzene rings is 3. The van der Waals surface area contributed by atoms with E-state index >= 15 is 0 Å². The molecule has 33 heavy (non-hydrogen) atoms. The van der Waals surface area contributed by atoms with E-state index in [2.05, 4.69) is 75.8 Å². The Bertz CT molecular complexity index is 1030. The van der Waals surface area contributed by atoms with Crippen LogP contribution in [0.15, 0.2) is 84.9 Å². The first kappa shape index (κ1) is 22.1. The number of hydrogen-bond acceptors (Lipinski definition) is 3. The second-order valence-electron chi connectivity index (χ2n) is 9.85. The summed E-state index contributed by atoms with van der Waals surface area (Å²) in [5.74, 6) is 0.467. The summed E-state index contributed by atoms with van der Waals surface area (Å²) in [5, 5.41) is 3.50. The highest BCUT2D eigenvalue weighted by Crippen LogP contribution is 2.43. The maximum atomic E-state index is 14.4. The molecule has 5 rings (SSSR count). The van der Waals surface area contributed by atoms with Crippen LogP contribution in [0, 0.1) is 17.2 Å². The van der Waals surface area contributed by atoms with Crippen LogP contribution in [0.5, 0.6) is 0 Å². The molecule has 0 radical (unpaired) electrons. The van der Waals surface area contributed by atoms with Crippen molar-refractivity contribution in [3.05, 3.63) is 102 Å². The molecule has 0 saturated carbocycles. The zero-order chi connectivity index (χ0) is 22.5. The van der Waals surface area contributed by atoms with Crippen molar-refractivity contribution >= 4 is 5.69 Å². The van der Waals surface area contributed by atoms with Crippen molar-refractivity contribution in [2.75, 3.05) is 44.6 Å². The molecule has 0 aliphatic carbocycles. The van der Waals surface area contributed by atoms with Crippen LogP contribution in [0.2, 0.25) is 0 Å². The molecule has 2 fully saturated rings. The van der Waals surface area contributed by atoms with Gasteiger partial charge in [-0.2, -0.15) is 0 Å². The Labute approximate surface area is 197 Å². The average molecular weight is 444 g/mol. The molecule has 3 nitrogen and oxygen atoms in total. The fourth-order valence-corrected chi connectivity index (χ4v) is 5.80. The summed E-state index contributed by atoms with van der Waals surface area (Å²) in [6.07, 6.45) is 2.29. The van der Waals surface area contributed by atoms with E-state index in [4.69, 9.17) is 0 Å². The lowest BCUT2D eigenvalue weighted by molar-refractivity contribution is 0.0712. The number of hydrogen-bond donors (Lipinski definition) is 1. The largest absolute Gasteiger partial charge is 0.382 e. The number of anilines is 1. The topological polar surface area (TPSA) is 18.5 Å². The third kappa shape index (κ3) is 5.29. The van der Waals surface area contributed by atoms with E-state index in [1.54, 1.807) is 12.1 Å². The maximum Gasteiger partial charge on any atom is 0.146 e. The van der Waals surface area contributed by atoms with Crippen LogP contribution in [0.25, 0.3) is 0 Å². The van der Waals surface area contributed by atoms with Crippen molar-refractivity contribution < 1.29 is 4.39 Å². The highest BCUT2D eigenvalue weighted by Gasteiger charge is 2.49. The molecule has 2 unspecified atom stereocenters. The Kier molecular flexibility index (Phi) is 6.75. The molecule has 1 N–H and O–H groups in total. The number of rotatable bonds is 8. The predicted molar refractivity (Wildman–Crippen MR) is 134 cm³/mol. The first-order valence-electron chi connectivity index (χ1n) is 12.2. The molecule has 0 spiro atoms. The van der Waals surface area contributed by atoms with Crippen LogP contribution < -0.4 is 5.32 Å². The van der Waals surface area contributed by atoms with Crippen molar-refractivity contribution in [1.82, 2.24) is 9.80 Å². The van der Waals surface area contributed by atoms with Gasteiger partial charge in [0, 0.05) is 44.7 Å². The third-order valence-corrected chi connectivity index (χ3v) is 7.53. The minimum Gasteiger partial charge on any atom is -0.382 e. The van der Waals surface area contributed by atoms with Gasteiger partial charge < -0.3 is 10.2 Å². The molecular formula is C29H34FN3. The van der Waals surface area contributed by atoms with Gasteiger partial charge in [0.05, 0.1) is 5.69 Å². The Hall–Kier alpha value is -2.69. The first-order chi connectivity index (χ1) is 16.2. The minimum absolute atomic E-state index is 0.131. The Morgan fingerprint density at radius 1 is 0.818 bits per heavy atom. The van der Waals surface area contributed by atoms with Crippen molar-refractivity contribution in [2.45, 2.75) is 19.4 Å². The minimum atomic E-state index is -0.165. The summed E-state index contributed by atoms with van der Waals surface area (Å²) in [5.41, 5.74) is 3.52. The Balaban J connectivity index is 1.30. The molecule has 0 bridgehead atoms. The molecular weight excluding hydrogens is 409 g/mol. The fourth-order valence-electron chi connectivity index (χ4n) is 5.80. The molecule has 3 aromatic rings. The normalized spacial score (nSPS) is 23.4. The van der Waals surface area contributed by atoms with Crippen molar-refractivity contribution in [1.29, 1.82) is 0 Å². The van der Waals surface area contributed by atoms with Crippen molar-refractivity contribution in [3.63, 3.8) is 0 Å². The highest BCUT2D eigenvalue weighted by molar-refractivity contribution is 5.44. The van der Waals surface area contributed by atoms with E-state index in [1.165, 1.54) is 17.5 Å². The summed E-state index contributed by atoms with van der Waals surface area (Å²) < 4.78 is 14.4. The number of likely N-dealkylation sites (tertiary alicyclic amines) is 2. The van der Waals surface area contributed by atoms with Crippen LogP contribution in [0.1, 0.15) is 17.5 Å². The first-order valence-corrected chi connectivity index (χ1v) is 12.2. The summed E-state index contributed by atoms with van der Waals surface area (Å²) >= 11 is 0. The maximum absolute atomic E-state index is 14.4. The predicted octanol–water partition coefficient (Wildman–Crippen LogP) is 5.30.